The van der Waals surface area contributed by atoms with Gasteiger partial charge in [0, 0.05) is 24.7 Å². The van der Waals surface area contributed by atoms with Gasteiger partial charge < -0.3 is 15.0 Å². The molecule has 10 heteroatoms. The smallest absolute Gasteiger partial charge is 0.416 e. The maximum Gasteiger partial charge on any atom is 0.416 e. The van der Waals surface area contributed by atoms with Gasteiger partial charge in [0.15, 0.2) is 0 Å². The molecule has 1 aromatic rings. The summed E-state index contributed by atoms with van der Waals surface area (Å²) in [5.74, 6) is -0.0896. The molecule has 0 spiro atoms. The second kappa shape index (κ2) is 10.3. The molecule has 1 N–H and O–H groups in total. The van der Waals surface area contributed by atoms with Gasteiger partial charge in [0.05, 0.1) is 11.1 Å². The molecule has 0 aliphatic carbocycles. The van der Waals surface area contributed by atoms with Crippen molar-refractivity contribution in [2.75, 3.05) is 0 Å². The summed E-state index contributed by atoms with van der Waals surface area (Å²) in [6, 6.07) is 1.08. The highest BCUT2D eigenvalue weighted by Crippen LogP contribution is 2.37. The van der Waals surface area contributed by atoms with Crippen LogP contribution in [0.2, 0.25) is 0 Å². The Morgan fingerprint density at radius 3 is 1.94 bits per heavy atom. The molecule has 0 radical (unpaired) electrons. The van der Waals surface area contributed by atoms with E-state index in [4.69, 9.17) is 4.74 Å². The third-order valence-electron chi connectivity index (χ3n) is 6.23. The van der Waals surface area contributed by atoms with Gasteiger partial charge in [-0.05, 0) is 69.7 Å². The summed E-state index contributed by atoms with van der Waals surface area (Å²) >= 11 is 0. The number of hydrogen-bond acceptors (Lipinski definition) is 3. The summed E-state index contributed by atoms with van der Waals surface area (Å²) in [5.41, 5.74) is -3.41. The summed E-state index contributed by atoms with van der Waals surface area (Å²) < 4.78 is 84.7. The van der Waals surface area contributed by atoms with Crippen molar-refractivity contribution in [2.45, 2.75) is 103 Å². The molecule has 1 fully saturated rings. The molecule has 194 valence electrons. The van der Waals surface area contributed by atoms with Crippen LogP contribution in [0.1, 0.15) is 77.5 Å². The van der Waals surface area contributed by atoms with Crippen LogP contribution < -0.4 is 5.32 Å². The highest BCUT2D eigenvalue weighted by molar-refractivity contribution is 5.69. The summed E-state index contributed by atoms with van der Waals surface area (Å²) in [4.78, 5) is 14.7. The van der Waals surface area contributed by atoms with E-state index in [1.54, 1.807) is 25.7 Å². The van der Waals surface area contributed by atoms with Crippen molar-refractivity contribution < 1.29 is 35.9 Å². The maximum atomic E-state index is 13.2. The topological polar surface area (TPSA) is 41.6 Å². The van der Waals surface area contributed by atoms with Crippen LogP contribution in [-0.4, -0.2) is 34.7 Å². The van der Waals surface area contributed by atoms with Crippen LogP contribution in [0.3, 0.4) is 0 Å². The van der Waals surface area contributed by atoms with Crippen LogP contribution in [0.25, 0.3) is 0 Å². The molecule has 1 saturated heterocycles. The Morgan fingerprint density at radius 1 is 1.00 bits per heavy atom. The number of benzene rings is 1. The first-order chi connectivity index (χ1) is 15.5. The first-order valence-corrected chi connectivity index (χ1v) is 11.5. The maximum absolute atomic E-state index is 13.2. The lowest BCUT2D eigenvalue weighted by molar-refractivity contribution is -0.143. The zero-order valence-electron chi connectivity index (χ0n) is 20.4. The number of carbonyl (C=O) groups excluding carboxylic acids is 1. The fourth-order valence-corrected chi connectivity index (χ4v) is 4.58. The van der Waals surface area contributed by atoms with Crippen molar-refractivity contribution in [2.24, 2.45) is 5.92 Å². The van der Waals surface area contributed by atoms with Gasteiger partial charge in [-0.25, -0.2) is 4.79 Å². The molecular weight excluding hydrogens is 462 g/mol. The lowest BCUT2D eigenvalue weighted by atomic mass is 9.80. The molecule has 1 aliphatic rings. The Hall–Kier alpha value is -1.97. The number of alkyl halides is 6. The number of rotatable bonds is 5. The molecule has 0 bridgehead atoms. The monoisotopic (exact) mass is 496 g/mol. The minimum Gasteiger partial charge on any atom is -0.444 e. The Bertz CT molecular complexity index is 815. The van der Waals surface area contributed by atoms with Crippen molar-refractivity contribution in [1.29, 1.82) is 0 Å². The second-order valence-corrected chi connectivity index (χ2v) is 9.92. The summed E-state index contributed by atoms with van der Waals surface area (Å²) in [6.07, 6.45) is -8.40. The van der Waals surface area contributed by atoms with Gasteiger partial charge in [-0.15, -0.1) is 0 Å². The Kier molecular flexibility index (Phi) is 8.59. The van der Waals surface area contributed by atoms with Gasteiger partial charge >= 0.3 is 18.4 Å². The van der Waals surface area contributed by atoms with E-state index in [9.17, 15) is 31.1 Å². The van der Waals surface area contributed by atoms with E-state index in [0.717, 1.165) is 12.1 Å². The Labute approximate surface area is 197 Å². The molecule has 2 rings (SSSR count). The average molecular weight is 497 g/mol. The number of likely N-dealkylation sites (tertiary alicyclic amines) is 1. The average Bonchev–Trinajstić information content (AvgIpc) is 2.69. The van der Waals surface area contributed by atoms with E-state index in [0.29, 0.717) is 19.3 Å². The number of carbonyl (C=O) groups is 1. The molecule has 4 atom stereocenters. The van der Waals surface area contributed by atoms with Gasteiger partial charge in [0.1, 0.15) is 5.60 Å². The molecule has 1 heterocycles. The molecule has 0 saturated carbocycles. The summed E-state index contributed by atoms with van der Waals surface area (Å²) in [6.45, 7) is 11.0. The van der Waals surface area contributed by atoms with Crippen LogP contribution in [0, 0.1) is 5.92 Å². The van der Waals surface area contributed by atoms with Crippen molar-refractivity contribution in [3.05, 3.63) is 34.9 Å². The lowest BCUT2D eigenvalue weighted by Gasteiger charge is -2.49. The van der Waals surface area contributed by atoms with Crippen molar-refractivity contribution in [3.8, 4) is 0 Å². The normalized spacial score (nSPS) is 24.3. The predicted octanol–water partition coefficient (Wildman–Crippen LogP) is 7.02. The van der Waals surface area contributed by atoms with E-state index < -0.39 is 35.2 Å². The minimum absolute atomic E-state index is 0.0896. The molecule has 1 aromatic carbocycles. The zero-order chi connectivity index (χ0) is 26.1. The largest absolute Gasteiger partial charge is 0.444 e. The van der Waals surface area contributed by atoms with E-state index in [2.05, 4.69) is 5.32 Å². The third kappa shape index (κ3) is 7.02. The van der Waals surface area contributed by atoms with E-state index in [1.807, 2.05) is 20.8 Å². The number of hydrogen-bond donors (Lipinski definition) is 1. The van der Waals surface area contributed by atoms with Gasteiger partial charge in [0.25, 0.3) is 0 Å². The molecule has 0 unspecified atom stereocenters. The van der Waals surface area contributed by atoms with Gasteiger partial charge in [0.2, 0.25) is 0 Å². The quantitative estimate of drug-likeness (QED) is 0.446. The molecule has 0 aromatic heterocycles. The van der Waals surface area contributed by atoms with E-state index in [1.165, 1.54) is 0 Å². The first kappa shape index (κ1) is 28.3. The van der Waals surface area contributed by atoms with Crippen molar-refractivity contribution in [1.82, 2.24) is 10.2 Å². The highest BCUT2D eigenvalue weighted by atomic mass is 19.4. The van der Waals surface area contributed by atoms with E-state index >= 15 is 0 Å². The predicted molar refractivity (Wildman–Crippen MR) is 117 cm³/mol. The van der Waals surface area contributed by atoms with Crippen LogP contribution in [0.5, 0.6) is 0 Å². The molecular formula is C24H34F6N2O2. The Morgan fingerprint density at radius 2 is 1.53 bits per heavy atom. The highest BCUT2D eigenvalue weighted by Gasteiger charge is 2.43. The third-order valence-corrected chi connectivity index (χ3v) is 6.23. The molecule has 34 heavy (non-hydrogen) atoms. The van der Waals surface area contributed by atoms with Crippen LogP contribution in [0.4, 0.5) is 31.1 Å². The van der Waals surface area contributed by atoms with Crippen molar-refractivity contribution in [3.63, 3.8) is 0 Å². The summed E-state index contributed by atoms with van der Waals surface area (Å²) in [5, 5.41) is 3.17. The van der Waals surface area contributed by atoms with Crippen LogP contribution in [0.15, 0.2) is 18.2 Å². The Balaban J connectivity index is 2.26. The number of piperidine rings is 1. The SMILES string of the molecule is CC[C@@H]1C[C@H](NCc2cc(C(F)(F)F)cc(C(F)(F)F)c2)[C@@H](C)[C@H](CC)N1C(=O)OC(C)(C)C. The zero-order valence-corrected chi connectivity index (χ0v) is 20.4. The number of amides is 1. The van der Waals surface area contributed by atoms with Crippen LogP contribution in [-0.2, 0) is 23.6 Å². The number of nitrogens with one attached hydrogen (secondary N) is 1. The second-order valence-electron chi connectivity index (χ2n) is 9.92. The fraction of sp³-hybridized carbons (Fsp3) is 0.708. The molecule has 1 amide bonds. The minimum atomic E-state index is -4.89. The van der Waals surface area contributed by atoms with Gasteiger partial charge in [-0.2, -0.15) is 26.3 Å². The van der Waals surface area contributed by atoms with Crippen LogP contribution >= 0.6 is 0 Å². The standard InChI is InChI=1S/C24H34F6N2O2/c1-7-18-12-19(14(3)20(8-2)32(18)21(33)34-22(4,5)6)31-13-15-9-16(23(25,26)27)11-17(10-15)24(28,29)30/h9-11,14,18-20,31H,7-8,12-13H2,1-6H3/t14-,18-,19+,20+/m1/s1. The molecule has 4 nitrogen and oxygen atoms in total. The van der Waals surface area contributed by atoms with E-state index in [-0.39, 0.29) is 42.2 Å². The first-order valence-electron chi connectivity index (χ1n) is 11.5. The number of halogens is 6. The fourth-order valence-electron chi connectivity index (χ4n) is 4.58. The number of ether oxygens (including phenoxy) is 1. The number of nitrogens with zero attached hydrogens (tertiary/aromatic N) is 1. The molecule has 1 aliphatic heterocycles. The van der Waals surface area contributed by atoms with Gasteiger partial charge in [-0.1, -0.05) is 20.8 Å². The lowest BCUT2D eigenvalue weighted by Crippen LogP contribution is -2.60. The van der Waals surface area contributed by atoms with Gasteiger partial charge in [-0.3, -0.25) is 0 Å². The summed E-state index contributed by atoms with van der Waals surface area (Å²) in [7, 11) is 0. The van der Waals surface area contributed by atoms with Crippen molar-refractivity contribution >= 4 is 6.09 Å².